The van der Waals surface area contributed by atoms with Crippen molar-refractivity contribution >= 4 is 42.6 Å². The largest absolute Gasteiger partial charge is 4.00 e. The molecule has 0 amide bonds. The van der Waals surface area contributed by atoms with Crippen molar-refractivity contribution in [2.24, 2.45) is 9.03 Å². The van der Waals surface area contributed by atoms with Gasteiger partial charge >= 0.3 is 43.4 Å². The zero-order valence-corrected chi connectivity index (χ0v) is 75.9. The predicted molar refractivity (Wildman–Crippen MR) is 407 cm³/mol. The monoisotopic (exact) mass is 1360 g/mol. The Morgan fingerprint density at radius 2 is 0.325 bits per heavy atom. The Kier molecular flexibility index (Phi) is 42.3. The summed E-state index contributed by atoms with van der Waals surface area (Å²) in [6.45, 7) is 107. The summed E-state index contributed by atoms with van der Waals surface area (Å²) in [5.41, 5.74) is 0. The van der Waals surface area contributed by atoms with Crippen LogP contribution >= 0.6 is 42.6 Å². The van der Waals surface area contributed by atoms with Gasteiger partial charge in [0.2, 0.25) is 0 Å². The first-order valence-electron chi connectivity index (χ1n) is 29.2. The van der Waals surface area contributed by atoms with Crippen LogP contribution in [0, 0.1) is 42.3 Å². The Hall–Kier alpha value is 2.81. The maximum Gasteiger partial charge on any atom is 4.00 e. The molecule has 0 saturated carbocycles. The third-order valence-electron chi connectivity index (χ3n) is 16.0. The van der Waals surface area contributed by atoms with E-state index < -0.39 is 42.6 Å². The van der Waals surface area contributed by atoms with Crippen LogP contribution in [0.2, 0.25) is 0 Å². The predicted octanol–water partition coefficient (Wildman–Crippen LogP) is 30.3. The van der Waals surface area contributed by atoms with Crippen molar-refractivity contribution in [2.75, 3.05) is 0 Å². The van der Waals surface area contributed by atoms with Gasteiger partial charge in [0.1, 0.15) is 0 Å². The maximum atomic E-state index is 12.1. The average Bonchev–Trinajstić information content (AvgIpc) is 3.00. The molecule has 504 valence electrons. The van der Waals surface area contributed by atoms with Gasteiger partial charge in [-0.25, -0.2) is 14.1 Å². The average molecular weight is 1360 g/mol. The fourth-order valence-electron chi connectivity index (χ4n) is 15.8. The van der Waals surface area contributed by atoms with Gasteiger partial charge in [-0.3, -0.25) is 9.68 Å². The zero-order valence-electron chi connectivity index (χ0n) is 67.4. The van der Waals surface area contributed by atoms with Crippen LogP contribution in [0.15, 0.2) is 9.03 Å². The van der Waals surface area contributed by atoms with Crippen molar-refractivity contribution in [1.82, 2.24) is 0 Å². The number of hydrogen-bond acceptors (Lipinski definition) is 1. The fourth-order valence-corrected chi connectivity index (χ4v) is 57.9. The van der Waals surface area contributed by atoms with Crippen LogP contribution in [0.25, 0.3) is 15.5 Å². The van der Waals surface area contributed by atoms with Crippen LogP contribution < -0.4 is 0 Å². The van der Waals surface area contributed by atoms with E-state index in [-0.39, 0.29) is 163 Å². The fraction of sp³-hybridized carbons (Fsp3) is 0.928. The van der Waals surface area contributed by atoms with Crippen molar-refractivity contribution in [2.45, 2.75) is 415 Å². The van der Waals surface area contributed by atoms with E-state index in [0.717, 1.165) is 0 Å². The first-order chi connectivity index (χ1) is 31.4. The number of nitrogens with zero attached hydrogens (tertiary/aromatic N) is 5. The zero-order chi connectivity index (χ0) is 64.4. The first-order valence-corrected chi connectivity index (χ1v) is 39.6. The summed E-state index contributed by atoms with van der Waals surface area (Å²) in [5, 5.41) is 43.6. The van der Waals surface area contributed by atoms with Gasteiger partial charge in [0.15, 0.2) is 0 Å². The van der Waals surface area contributed by atoms with Gasteiger partial charge < -0.3 is 57.1 Å². The molecule has 0 spiro atoms. The number of rotatable bonds is 2. The molecule has 6 nitrogen and oxygen atoms in total. The molecule has 0 aromatic rings. The van der Waals surface area contributed by atoms with E-state index in [1.165, 1.54) is 0 Å². The normalized spacial score (nSPS) is 14.7. The first kappa shape index (κ1) is 110. The van der Waals surface area contributed by atoms with Gasteiger partial charge in [0.05, 0.1) is 7.21 Å². The molecule has 0 atom stereocenters. The van der Waals surface area contributed by atoms with Crippen molar-refractivity contribution in [3.8, 4) is 0 Å². The van der Waals surface area contributed by atoms with Crippen LogP contribution in [0.5, 0.6) is 0 Å². The molecular formula is C69H160N6P6Ti2. The van der Waals surface area contributed by atoms with Crippen molar-refractivity contribution < 1.29 is 43.4 Å². The molecule has 0 unspecified atom stereocenters. The van der Waals surface area contributed by atoms with E-state index in [2.05, 4.69) is 332 Å². The van der Waals surface area contributed by atoms with Gasteiger partial charge in [-0.15, -0.1) is 7.21 Å². The molecule has 0 rings (SSSR count). The molecule has 0 saturated heterocycles. The van der Waals surface area contributed by atoms with E-state index in [1.54, 1.807) is 0 Å². The molecule has 0 aliphatic rings. The summed E-state index contributed by atoms with van der Waals surface area (Å²) in [5.74, 6) is 0. The molecule has 0 aromatic heterocycles. The Balaban J connectivity index is -0.0000000925. The number of hydrogen-bond donors (Lipinski definition) is 1. The third kappa shape index (κ3) is 23.1. The van der Waals surface area contributed by atoms with Gasteiger partial charge in [-0.2, -0.15) is 0 Å². The molecule has 0 bridgehead atoms. The molecule has 0 aliphatic carbocycles. The van der Waals surface area contributed by atoms with E-state index in [9.17, 15) is 20.6 Å². The summed E-state index contributed by atoms with van der Waals surface area (Å²) in [4.78, 5) is 0. The Labute approximate surface area is 563 Å². The van der Waals surface area contributed by atoms with Crippen LogP contribution in [0.3, 0.4) is 0 Å². The molecule has 0 aromatic carbocycles. The standard InChI is InChI=1S/C20H46N2P2.C20H45N2P2.2C12H27NP.5CH3.2Ti/c2*1-16(2,3)23(17(4,5)6,18(7,8)9)22-24(21,19(10,11)12)20(13,14)15;2*1-10(2,3)14(13,11(4,5)6)12(7,8)9;;;;;;;/h21H,1-15H3;1-15H3;2*1-9H3;5*1H3;;/q;8*-1;2*+4. The van der Waals surface area contributed by atoms with Gasteiger partial charge in [0.25, 0.3) is 0 Å². The van der Waals surface area contributed by atoms with Crippen LogP contribution in [0.1, 0.15) is 332 Å². The van der Waals surface area contributed by atoms with Crippen molar-refractivity contribution in [1.29, 1.82) is 5.16 Å². The summed E-state index contributed by atoms with van der Waals surface area (Å²) in [6.07, 6.45) is 0. The van der Waals surface area contributed by atoms with Gasteiger partial charge in [0, 0.05) is 10.3 Å². The molecule has 0 radical (unpaired) electrons. The Morgan fingerprint density at radius 3 is 0.398 bits per heavy atom. The second-order valence-electron chi connectivity index (χ2n) is 38.7. The third-order valence-corrected chi connectivity index (χ3v) is 51.2. The van der Waals surface area contributed by atoms with Gasteiger partial charge in [-0.05, 0) is 86.3 Å². The summed E-state index contributed by atoms with van der Waals surface area (Å²) in [7, 11) is -12.8. The quantitative estimate of drug-likeness (QED) is 0.161. The molecule has 1 N–H and O–H groups in total. The summed E-state index contributed by atoms with van der Waals surface area (Å²) < 4.78 is 11.5. The topological polar surface area (TPSA) is 115 Å². The molecule has 0 aliphatic heterocycles. The molecule has 0 heterocycles. The Morgan fingerprint density at radius 1 is 0.205 bits per heavy atom. The SMILES string of the molecule is CC(C)(C)P(=N)(N=P(C(C)(C)C)(C(C)(C)C)C(C)(C)C)C(C)(C)C.CC(C)(C)P(=[N-])(C(C)(C)C)C(C)(C)C.CC(C)(C)P(=[N-])(C(C)(C)C)C(C)(C)C.CC(C)(C)P(=[N-])(N=P(C(C)(C)C)(C(C)(C)C)C(C)(C)C)C(C)(C)C.[CH3-].[CH3-].[CH3-].[CH3-].[CH3-].[Ti+4].[Ti+4]. The minimum Gasteiger partial charge on any atom is -0.807 e. The molecule has 0 fully saturated rings. The van der Waals surface area contributed by atoms with Crippen LogP contribution in [-0.2, 0) is 43.4 Å². The van der Waals surface area contributed by atoms with Crippen LogP contribution in [0.4, 0.5) is 0 Å². The molecular weight excluding hydrogens is 1190 g/mol. The van der Waals surface area contributed by atoms with Crippen molar-refractivity contribution in [3.63, 3.8) is 0 Å². The Bertz CT molecular complexity index is 1860. The minimum absolute atomic E-state index is 0. The summed E-state index contributed by atoms with van der Waals surface area (Å²) >= 11 is 0. The van der Waals surface area contributed by atoms with E-state index in [1.807, 2.05) is 0 Å². The molecule has 14 heteroatoms. The van der Waals surface area contributed by atoms with Crippen molar-refractivity contribution in [3.05, 3.63) is 52.6 Å². The second kappa shape index (κ2) is 31.8. The number of nitrogens with one attached hydrogen (secondary N) is 1. The van der Waals surface area contributed by atoms with Crippen LogP contribution in [-0.4, -0.2) is 82.5 Å². The maximum absolute atomic E-state index is 12.1. The smallest absolute Gasteiger partial charge is 0.807 e. The summed E-state index contributed by atoms with van der Waals surface area (Å²) in [6, 6.07) is 0. The minimum atomic E-state index is -2.57. The molecule has 83 heavy (non-hydrogen) atoms. The van der Waals surface area contributed by atoms with Gasteiger partial charge in [-0.1, -0.05) is 332 Å². The second-order valence-corrected chi connectivity index (χ2v) is 69.1. The van der Waals surface area contributed by atoms with E-state index in [4.69, 9.17) is 9.03 Å². The van der Waals surface area contributed by atoms with E-state index in [0.29, 0.717) is 0 Å². The van der Waals surface area contributed by atoms with E-state index >= 15 is 0 Å².